The standard InChI is InChI=1S/C19H29ClSi/c1-18(2)16-12-17(21(3,4)20)14-19(18,13-16)11-10-15-8-6-5-7-9-15/h5-9,16-17H,10-14H2,1-4H3. The summed E-state index contributed by atoms with van der Waals surface area (Å²) in [5, 5.41) is 0. The second-order valence-electron chi connectivity index (χ2n) is 8.59. The minimum Gasteiger partial charge on any atom is -0.167 e. The third-order valence-corrected chi connectivity index (χ3v) is 10.2. The fraction of sp³-hybridized carbons (Fsp3) is 0.684. The van der Waals surface area contributed by atoms with Crippen molar-refractivity contribution < 1.29 is 0 Å². The first-order valence-corrected chi connectivity index (χ1v) is 12.6. The molecule has 3 atom stereocenters. The molecule has 2 heteroatoms. The number of hydrogen-bond donors (Lipinski definition) is 0. The minimum absolute atomic E-state index is 0.523. The Morgan fingerprint density at radius 1 is 1.14 bits per heavy atom. The number of rotatable bonds is 4. The Balaban J connectivity index is 1.75. The molecule has 1 aromatic rings. The van der Waals surface area contributed by atoms with E-state index in [4.69, 9.17) is 11.1 Å². The highest BCUT2D eigenvalue weighted by atomic mass is 35.6. The van der Waals surface area contributed by atoms with E-state index in [9.17, 15) is 0 Å². The lowest BCUT2D eigenvalue weighted by Crippen LogP contribution is -2.60. The molecule has 0 heterocycles. The van der Waals surface area contributed by atoms with Gasteiger partial charge in [-0.2, -0.15) is 11.1 Å². The maximum absolute atomic E-state index is 6.81. The zero-order chi connectivity index (χ0) is 15.3. The first kappa shape index (κ1) is 15.6. The lowest BCUT2D eigenvalue weighted by atomic mass is 9.38. The Morgan fingerprint density at radius 3 is 2.38 bits per heavy atom. The van der Waals surface area contributed by atoms with Gasteiger partial charge >= 0.3 is 0 Å². The topological polar surface area (TPSA) is 0 Å². The average molecular weight is 321 g/mol. The fourth-order valence-electron chi connectivity index (χ4n) is 4.99. The summed E-state index contributed by atoms with van der Waals surface area (Å²) in [6, 6.07) is 11.0. The molecule has 3 aliphatic carbocycles. The molecule has 116 valence electrons. The van der Waals surface area contributed by atoms with Crippen molar-refractivity contribution in [2.75, 3.05) is 0 Å². The van der Waals surface area contributed by atoms with Crippen molar-refractivity contribution in [3.8, 4) is 0 Å². The van der Waals surface area contributed by atoms with Gasteiger partial charge in [-0.1, -0.05) is 57.3 Å². The van der Waals surface area contributed by atoms with Crippen LogP contribution in [-0.4, -0.2) is 7.38 Å². The number of halogens is 1. The monoisotopic (exact) mass is 320 g/mol. The molecule has 0 aromatic heterocycles. The molecule has 3 fully saturated rings. The van der Waals surface area contributed by atoms with E-state index in [-0.39, 0.29) is 0 Å². The van der Waals surface area contributed by atoms with Gasteiger partial charge in [0.25, 0.3) is 0 Å². The Bertz CT molecular complexity index is 502. The fourth-order valence-corrected chi connectivity index (χ4v) is 7.21. The molecular weight excluding hydrogens is 292 g/mol. The van der Waals surface area contributed by atoms with Gasteiger partial charge in [-0.15, -0.1) is 0 Å². The second-order valence-corrected chi connectivity index (χ2v) is 15.5. The SMILES string of the molecule is CC1(C)C2CC([Si](C)(C)Cl)CC1(CCc1ccccc1)C2. The van der Waals surface area contributed by atoms with E-state index in [0.29, 0.717) is 10.8 Å². The third-order valence-electron chi connectivity index (χ3n) is 6.94. The van der Waals surface area contributed by atoms with E-state index >= 15 is 0 Å². The predicted octanol–water partition coefficient (Wildman–Crippen LogP) is 6.26. The molecule has 3 unspecified atom stereocenters. The quantitative estimate of drug-likeness (QED) is 0.453. The molecular formula is C19H29ClSi. The molecule has 4 rings (SSSR count). The van der Waals surface area contributed by atoms with Gasteiger partial charge in [0.1, 0.15) is 0 Å². The Morgan fingerprint density at radius 2 is 1.81 bits per heavy atom. The highest BCUT2D eigenvalue weighted by Crippen LogP contribution is 2.73. The smallest absolute Gasteiger partial charge is 0.153 e. The zero-order valence-electron chi connectivity index (χ0n) is 14.0. The third kappa shape index (κ3) is 2.61. The van der Waals surface area contributed by atoms with Gasteiger partial charge in [-0.05, 0) is 60.0 Å². The zero-order valence-corrected chi connectivity index (χ0v) is 15.7. The Hall–Kier alpha value is -0.273. The van der Waals surface area contributed by atoms with Crippen molar-refractivity contribution in [1.29, 1.82) is 0 Å². The average Bonchev–Trinajstić information content (AvgIpc) is 2.45. The maximum Gasteiger partial charge on any atom is 0.153 e. The van der Waals surface area contributed by atoms with Crippen molar-refractivity contribution >= 4 is 18.5 Å². The molecule has 1 aromatic carbocycles. The highest BCUT2D eigenvalue weighted by Gasteiger charge is 2.64. The minimum atomic E-state index is -1.51. The van der Waals surface area contributed by atoms with E-state index in [0.717, 1.165) is 11.5 Å². The molecule has 0 saturated heterocycles. The van der Waals surface area contributed by atoms with Gasteiger partial charge in [0.05, 0.1) is 0 Å². The first-order chi connectivity index (χ1) is 9.75. The lowest BCUT2D eigenvalue weighted by molar-refractivity contribution is -0.165. The summed E-state index contributed by atoms with van der Waals surface area (Å²) in [5.74, 6) is 0.914. The van der Waals surface area contributed by atoms with Gasteiger partial charge in [0.2, 0.25) is 0 Å². The maximum atomic E-state index is 6.81. The van der Waals surface area contributed by atoms with Crippen LogP contribution in [0.2, 0.25) is 18.6 Å². The van der Waals surface area contributed by atoms with Crippen LogP contribution in [0.15, 0.2) is 30.3 Å². The van der Waals surface area contributed by atoms with E-state index in [1.807, 2.05) is 0 Å². The van der Waals surface area contributed by atoms with Crippen LogP contribution in [0, 0.1) is 16.7 Å². The number of benzene rings is 1. The van der Waals surface area contributed by atoms with E-state index in [1.54, 1.807) is 0 Å². The van der Waals surface area contributed by atoms with Gasteiger partial charge in [0, 0.05) is 0 Å². The van der Waals surface area contributed by atoms with E-state index < -0.39 is 7.38 Å². The van der Waals surface area contributed by atoms with E-state index in [1.165, 1.54) is 37.7 Å². The van der Waals surface area contributed by atoms with Crippen LogP contribution in [0.4, 0.5) is 0 Å². The Kier molecular flexibility index (Phi) is 3.81. The molecule has 0 aliphatic heterocycles. The normalized spacial score (nSPS) is 34.3. The molecule has 0 radical (unpaired) electrons. The molecule has 0 nitrogen and oxygen atoms in total. The van der Waals surface area contributed by atoms with Gasteiger partial charge in [0.15, 0.2) is 7.38 Å². The second kappa shape index (κ2) is 5.13. The molecule has 0 spiro atoms. The van der Waals surface area contributed by atoms with Gasteiger partial charge in [-0.25, -0.2) is 0 Å². The van der Waals surface area contributed by atoms with Crippen LogP contribution in [0.3, 0.4) is 0 Å². The van der Waals surface area contributed by atoms with Crippen molar-refractivity contribution in [2.24, 2.45) is 16.7 Å². The molecule has 2 bridgehead atoms. The molecule has 0 amide bonds. The first-order valence-electron chi connectivity index (χ1n) is 8.47. The van der Waals surface area contributed by atoms with Gasteiger partial charge in [-0.3, -0.25) is 0 Å². The van der Waals surface area contributed by atoms with Gasteiger partial charge < -0.3 is 0 Å². The number of hydrogen-bond acceptors (Lipinski definition) is 0. The summed E-state index contributed by atoms with van der Waals surface area (Å²) < 4.78 is 0. The van der Waals surface area contributed by atoms with Crippen LogP contribution < -0.4 is 0 Å². The largest absolute Gasteiger partial charge is 0.167 e. The van der Waals surface area contributed by atoms with Crippen LogP contribution in [0.1, 0.15) is 45.1 Å². The van der Waals surface area contributed by atoms with Crippen LogP contribution in [-0.2, 0) is 6.42 Å². The lowest BCUT2D eigenvalue weighted by Gasteiger charge is -2.69. The van der Waals surface area contributed by atoms with Crippen LogP contribution in [0.25, 0.3) is 0 Å². The predicted molar refractivity (Wildman–Crippen MR) is 95.4 cm³/mol. The highest BCUT2D eigenvalue weighted by molar-refractivity contribution is 7.19. The van der Waals surface area contributed by atoms with Crippen LogP contribution in [0.5, 0.6) is 0 Å². The number of aryl methyl sites for hydroxylation is 1. The van der Waals surface area contributed by atoms with Crippen molar-refractivity contribution in [1.82, 2.24) is 0 Å². The summed E-state index contributed by atoms with van der Waals surface area (Å²) in [6.45, 7) is 9.74. The summed E-state index contributed by atoms with van der Waals surface area (Å²) in [7, 11) is -1.51. The number of fused-ring (bicyclic) bond motifs is 2. The summed E-state index contributed by atoms with van der Waals surface area (Å²) >= 11 is 6.81. The van der Waals surface area contributed by atoms with Crippen molar-refractivity contribution in [3.63, 3.8) is 0 Å². The molecule has 21 heavy (non-hydrogen) atoms. The molecule has 3 aliphatic rings. The molecule has 3 saturated carbocycles. The van der Waals surface area contributed by atoms with Crippen molar-refractivity contribution in [2.45, 2.75) is 64.6 Å². The summed E-state index contributed by atoms with van der Waals surface area (Å²) in [6.07, 6.45) is 6.80. The summed E-state index contributed by atoms with van der Waals surface area (Å²) in [4.78, 5) is 0. The van der Waals surface area contributed by atoms with Crippen LogP contribution >= 0.6 is 11.1 Å². The van der Waals surface area contributed by atoms with Crippen molar-refractivity contribution in [3.05, 3.63) is 35.9 Å². The summed E-state index contributed by atoms with van der Waals surface area (Å²) in [5.41, 5.74) is 3.39. The molecule has 0 N–H and O–H groups in total. The Labute approximate surface area is 136 Å². The van der Waals surface area contributed by atoms with E-state index in [2.05, 4.69) is 57.3 Å².